The summed E-state index contributed by atoms with van der Waals surface area (Å²) < 4.78 is 0. The van der Waals surface area contributed by atoms with Crippen molar-refractivity contribution >= 4 is 5.97 Å². The SMILES string of the molecule is O=C(O)c1ccc(C[C@H]2CNCCN2)cc1. The van der Waals surface area contributed by atoms with Gasteiger partial charge in [0.2, 0.25) is 0 Å². The maximum Gasteiger partial charge on any atom is 0.335 e. The van der Waals surface area contributed by atoms with Crippen molar-refractivity contribution in [3.63, 3.8) is 0 Å². The Kier molecular flexibility index (Phi) is 3.54. The second-order valence-corrected chi connectivity index (χ2v) is 4.06. The van der Waals surface area contributed by atoms with Gasteiger partial charge in [0, 0.05) is 25.7 Å². The molecule has 1 atom stereocenters. The smallest absolute Gasteiger partial charge is 0.335 e. The van der Waals surface area contributed by atoms with Crippen LogP contribution in [0.4, 0.5) is 0 Å². The summed E-state index contributed by atoms with van der Waals surface area (Å²) in [5.74, 6) is -0.871. The van der Waals surface area contributed by atoms with Crippen LogP contribution >= 0.6 is 0 Å². The van der Waals surface area contributed by atoms with Crippen LogP contribution in [0.25, 0.3) is 0 Å². The Morgan fingerprint density at radius 2 is 2.06 bits per heavy atom. The minimum absolute atomic E-state index is 0.346. The fraction of sp³-hybridized carbons (Fsp3) is 0.417. The normalized spacial score (nSPS) is 20.6. The third-order valence-electron chi connectivity index (χ3n) is 2.81. The largest absolute Gasteiger partial charge is 0.478 e. The molecule has 4 nitrogen and oxygen atoms in total. The van der Waals surface area contributed by atoms with E-state index in [1.807, 2.05) is 12.1 Å². The summed E-state index contributed by atoms with van der Waals surface area (Å²) in [6.45, 7) is 2.99. The molecule has 2 rings (SSSR count). The molecule has 0 aromatic heterocycles. The van der Waals surface area contributed by atoms with E-state index in [0.29, 0.717) is 11.6 Å². The summed E-state index contributed by atoms with van der Waals surface area (Å²) in [6, 6.07) is 7.55. The van der Waals surface area contributed by atoms with Crippen molar-refractivity contribution in [2.24, 2.45) is 0 Å². The van der Waals surface area contributed by atoms with E-state index in [1.165, 1.54) is 5.56 Å². The molecule has 0 bridgehead atoms. The number of carbonyl (C=O) groups is 1. The van der Waals surface area contributed by atoms with Crippen LogP contribution in [0.3, 0.4) is 0 Å². The molecule has 1 aromatic carbocycles. The highest BCUT2D eigenvalue weighted by Crippen LogP contribution is 2.07. The lowest BCUT2D eigenvalue weighted by molar-refractivity contribution is 0.0697. The summed E-state index contributed by atoms with van der Waals surface area (Å²) >= 11 is 0. The summed E-state index contributed by atoms with van der Waals surface area (Å²) in [5, 5.41) is 15.5. The Bertz CT molecular complexity index is 356. The fourth-order valence-corrected chi connectivity index (χ4v) is 1.93. The molecule has 86 valence electrons. The molecule has 1 saturated heterocycles. The predicted octanol–water partition coefficient (Wildman–Crippen LogP) is 0.489. The first-order valence-electron chi connectivity index (χ1n) is 5.52. The first-order valence-corrected chi connectivity index (χ1v) is 5.52. The number of carboxylic acids is 1. The molecule has 0 saturated carbocycles. The van der Waals surface area contributed by atoms with E-state index in [9.17, 15) is 4.79 Å². The van der Waals surface area contributed by atoms with Crippen LogP contribution in [0, 0.1) is 0 Å². The molecule has 0 aliphatic carbocycles. The zero-order chi connectivity index (χ0) is 11.4. The minimum Gasteiger partial charge on any atom is -0.478 e. The molecule has 1 fully saturated rings. The molecule has 1 aliphatic heterocycles. The summed E-state index contributed by atoms with van der Waals surface area (Å²) in [6.07, 6.45) is 0.937. The fourth-order valence-electron chi connectivity index (χ4n) is 1.93. The first kappa shape index (κ1) is 11.1. The average Bonchev–Trinajstić information content (AvgIpc) is 2.31. The molecule has 0 amide bonds. The lowest BCUT2D eigenvalue weighted by Gasteiger charge is -2.24. The molecule has 0 unspecified atom stereocenters. The third-order valence-corrected chi connectivity index (χ3v) is 2.81. The van der Waals surface area contributed by atoms with E-state index >= 15 is 0 Å². The maximum atomic E-state index is 10.7. The standard InChI is InChI=1S/C12H16N2O2/c15-12(16)10-3-1-9(2-4-10)7-11-8-13-5-6-14-11/h1-4,11,13-14H,5-8H2,(H,15,16)/t11-/m0/s1. The van der Waals surface area contributed by atoms with Gasteiger partial charge in [-0.05, 0) is 24.1 Å². The maximum absolute atomic E-state index is 10.7. The molecule has 16 heavy (non-hydrogen) atoms. The topological polar surface area (TPSA) is 61.4 Å². The Morgan fingerprint density at radius 1 is 1.31 bits per heavy atom. The van der Waals surface area contributed by atoms with Crippen molar-refractivity contribution in [3.05, 3.63) is 35.4 Å². The van der Waals surface area contributed by atoms with Crippen LogP contribution in [0.15, 0.2) is 24.3 Å². The van der Waals surface area contributed by atoms with Gasteiger partial charge in [-0.2, -0.15) is 0 Å². The molecular formula is C12H16N2O2. The van der Waals surface area contributed by atoms with Crippen LogP contribution in [0.1, 0.15) is 15.9 Å². The number of nitrogens with one attached hydrogen (secondary N) is 2. The molecular weight excluding hydrogens is 204 g/mol. The Morgan fingerprint density at radius 3 is 2.62 bits per heavy atom. The van der Waals surface area contributed by atoms with Crippen molar-refractivity contribution in [3.8, 4) is 0 Å². The molecule has 3 N–H and O–H groups in total. The zero-order valence-corrected chi connectivity index (χ0v) is 9.07. The van der Waals surface area contributed by atoms with Crippen molar-refractivity contribution in [2.75, 3.05) is 19.6 Å². The monoisotopic (exact) mass is 220 g/mol. The lowest BCUT2D eigenvalue weighted by Crippen LogP contribution is -2.49. The first-order chi connectivity index (χ1) is 7.75. The van der Waals surface area contributed by atoms with Gasteiger partial charge in [-0.1, -0.05) is 12.1 Å². The van der Waals surface area contributed by atoms with Gasteiger partial charge in [0.05, 0.1) is 5.56 Å². The molecule has 0 spiro atoms. The van der Waals surface area contributed by atoms with Crippen LogP contribution < -0.4 is 10.6 Å². The van der Waals surface area contributed by atoms with Gasteiger partial charge in [0.1, 0.15) is 0 Å². The highest BCUT2D eigenvalue weighted by atomic mass is 16.4. The number of rotatable bonds is 3. The highest BCUT2D eigenvalue weighted by Gasteiger charge is 2.12. The second kappa shape index (κ2) is 5.09. The number of benzene rings is 1. The zero-order valence-electron chi connectivity index (χ0n) is 9.07. The van der Waals surface area contributed by atoms with Gasteiger partial charge >= 0.3 is 5.97 Å². The lowest BCUT2D eigenvalue weighted by atomic mass is 10.0. The van der Waals surface area contributed by atoms with Crippen molar-refractivity contribution < 1.29 is 9.90 Å². The number of hydrogen-bond donors (Lipinski definition) is 3. The van der Waals surface area contributed by atoms with Gasteiger partial charge in [-0.3, -0.25) is 0 Å². The molecule has 1 aliphatic rings. The van der Waals surface area contributed by atoms with E-state index in [1.54, 1.807) is 12.1 Å². The quantitative estimate of drug-likeness (QED) is 0.693. The Labute approximate surface area is 94.7 Å². The van der Waals surface area contributed by atoms with Crippen molar-refractivity contribution in [1.82, 2.24) is 10.6 Å². The van der Waals surface area contributed by atoms with Crippen LogP contribution in [0.2, 0.25) is 0 Å². The molecule has 0 radical (unpaired) electrons. The van der Waals surface area contributed by atoms with E-state index in [4.69, 9.17) is 5.11 Å². The summed E-state index contributed by atoms with van der Waals surface area (Å²) in [5.41, 5.74) is 1.52. The number of aromatic carboxylic acids is 1. The number of carboxylic acid groups (broad SMARTS) is 1. The van der Waals surface area contributed by atoms with E-state index in [-0.39, 0.29) is 0 Å². The van der Waals surface area contributed by atoms with Crippen LogP contribution in [0.5, 0.6) is 0 Å². The highest BCUT2D eigenvalue weighted by molar-refractivity contribution is 5.87. The third kappa shape index (κ3) is 2.81. The van der Waals surface area contributed by atoms with Crippen LogP contribution in [-0.4, -0.2) is 36.8 Å². The summed E-state index contributed by atoms with van der Waals surface area (Å²) in [4.78, 5) is 10.7. The molecule has 4 heteroatoms. The van der Waals surface area contributed by atoms with Crippen molar-refractivity contribution in [2.45, 2.75) is 12.5 Å². The summed E-state index contributed by atoms with van der Waals surface area (Å²) in [7, 11) is 0. The van der Waals surface area contributed by atoms with E-state index in [0.717, 1.165) is 26.1 Å². The van der Waals surface area contributed by atoms with Crippen LogP contribution in [-0.2, 0) is 6.42 Å². The van der Waals surface area contributed by atoms with Gasteiger partial charge in [-0.25, -0.2) is 4.79 Å². The second-order valence-electron chi connectivity index (χ2n) is 4.06. The van der Waals surface area contributed by atoms with Gasteiger partial charge in [-0.15, -0.1) is 0 Å². The Balaban J connectivity index is 1.96. The molecule has 1 aromatic rings. The number of piperazine rings is 1. The van der Waals surface area contributed by atoms with Gasteiger partial charge in [0.25, 0.3) is 0 Å². The molecule has 1 heterocycles. The van der Waals surface area contributed by atoms with E-state index in [2.05, 4.69) is 10.6 Å². The Hall–Kier alpha value is -1.39. The van der Waals surface area contributed by atoms with Crippen molar-refractivity contribution in [1.29, 1.82) is 0 Å². The van der Waals surface area contributed by atoms with Gasteiger partial charge < -0.3 is 15.7 Å². The minimum atomic E-state index is -0.871. The number of hydrogen-bond acceptors (Lipinski definition) is 3. The average molecular weight is 220 g/mol. The van der Waals surface area contributed by atoms with Gasteiger partial charge in [0.15, 0.2) is 0 Å². The van der Waals surface area contributed by atoms with E-state index < -0.39 is 5.97 Å². The predicted molar refractivity (Wildman–Crippen MR) is 61.8 cm³/mol.